The topological polar surface area (TPSA) is 50.7 Å². The molecule has 0 bridgehead atoms. The highest BCUT2D eigenvalue weighted by Crippen LogP contribution is 2.35. The molecule has 0 aromatic heterocycles. The molecular weight excluding hydrogens is 278 g/mol. The molecule has 1 aliphatic rings. The summed E-state index contributed by atoms with van der Waals surface area (Å²) < 4.78 is 10.9. The number of aliphatic hydroxyl groups excluding tert-OH is 1. The third kappa shape index (κ3) is 4.14. The highest BCUT2D eigenvalue weighted by Gasteiger charge is 2.34. The normalized spacial score (nSPS) is 25.0. The smallest absolute Gasteiger partial charge is 0.161 e. The molecule has 1 aromatic carbocycles. The SMILES string of the molecule is CCOc1cc(CNCC2(C)CCCCC2O)ccc1OC. The van der Waals surface area contributed by atoms with E-state index in [1.165, 1.54) is 6.42 Å². The summed E-state index contributed by atoms with van der Waals surface area (Å²) in [7, 11) is 1.65. The Balaban J connectivity index is 1.92. The van der Waals surface area contributed by atoms with Crippen LogP contribution in [0.1, 0.15) is 45.1 Å². The van der Waals surface area contributed by atoms with E-state index >= 15 is 0 Å². The van der Waals surface area contributed by atoms with Crippen LogP contribution in [0.25, 0.3) is 0 Å². The van der Waals surface area contributed by atoms with E-state index in [-0.39, 0.29) is 11.5 Å². The summed E-state index contributed by atoms with van der Waals surface area (Å²) in [5.41, 5.74) is 1.16. The van der Waals surface area contributed by atoms with Gasteiger partial charge in [-0.3, -0.25) is 0 Å². The maximum absolute atomic E-state index is 10.2. The molecule has 0 heterocycles. The van der Waals surface area contributed by atoms with Crippen LogP contribution in [0.4, 0.5) is 0 Å². The lowest BCUT2D eigenvalue weighted by atomic mass is 9.73. The molecule has 1 aliphatic carbocycles. The Kier molecular flexibility index (Phi) is 6.09. The van der Waals surface area contributed by atoms with Gasteiger partial charge in [-0.1, -0.05) is 25.8 Å². The molecule has 1 saturated carbocycles. The standard InChI is InChI=1S/C18H29NO3/c1-4-22-16-11-14(8-9-15(16)21-3)12-19-13-18(2)10-6-5-7-17(18)20/h8-9,11,17,19-20H,4-7,10,12-13H2,1-3H3. The van der Waals surface area contributed by atoms with Gasteiger partial charge in [0.1, 0.15) is 0 Å². The molecule has 0 amide bonds. The van der Waals surface area contributed by atoms with E-state index in [9.17, 15) is 5.11 Å². The monoisotopic (exact) mass is 307 g/mol. The van der Waals surface area contributed by atoms with Crippen molar-refractivity contribution in [3.63, 3.8) is 0 Å². The van der Waals surface area contributed by atoms with Gasteiger partial charge in [-0.15, -0.1) is 0 Å². The molecule has 2 atom stereocenters. The fourth-order valence-corrected chi connectivity index (χ4v) is 3.18. The highest BCUT2D eigenvalue weighted by atomic mass is 16.5. The third-order valence-electron chi connectivity index (χ3n) is 4.67. The minimum absolute atomic E-state index is 0.00648. The van der Waals surface area contributed by atoms with Crippen LogP contribution in [-0.2, 0) is 6.54 Å². The molecule has 0 saturated heterocycles. The van der Waals surface area contributed by atoms with Gasteiger partial charge in [0.05, 0.1) is 19.8 Å². The van der Waals surface area contributed by atoms with Crippen molar-refractivity contribution < 1.29 is 14.6 Å². The minimum Gasteiger partial charge on any atom is -0.493 e. The largest absolute Gasteiger partial charge is 0.493 e. The van der Waals surface area contributed by atoms with Crippen LogP contribution in [0.3, 0.4) is 0 Å². The van der Waals surface area contributed by atoms with Crippen molar-refractivity contribution in [2.24, 2.45) is 5.41 Å². The zero-order valence-electron chi connectivity index (χ0n) is 14.0. The average molecular weight is 307 g/mol. The molecule has 1 fully saturated rings. The summed E-state index contributed by atoms with van der Waals surface area (Å²) in [6.45, 7) is 6.38. The molecule has 2 rings (SSSR count). The Labute approximate surface area is 133 Å². The van der Waals surface area contributed by atoms with Gasteiger partial charge in [0, 0.05) is 18.5 Å². The predicted molar refractivity (Wildman–Crippen MR) is 88.5 cm³/mol. The number of aliphatic hydroxyl groups is 1. The summed E-state index contributed by atoms with van der Waals surface area (Å²) in [6, 6.07) is 6.02. The van der Waals surface area contributed by atoms with Crippen molar-refractivity contribution in [2.75, 3.05) is 20.3 Å². The molecule has 124 valence electrons. The molecule has 1 aromatic rings. The molecular formula is C18H29NO3. The fraction of sp³-hybridized carbons (Fsp3) is 0.667. The van der Waals surface area contributed by atoms with Gasteiger partial charge in [-0.2, -0.15) is 0 Å². The van der Waals surface area contributed by atoms with Crippen molar-refractivity contribution in [1.82, 2.24) is 5.32 Å². The Hall–Kier alpha value is -1.26. The van der Waals surface area contributed by atoms with Gasteiger partial charge in [0.25, 0.3) is 0 Å². The summed E-state index contributed by atoms with van der Waals surface area (Å²) in [5.74, 6) is 1.55. The Morgan fingerprint density at radius 2 is 2.14 bits per heavy atom. The van der Waals surface area contributed by atoms with Gasteiger partial charge in [0.2, 0.25) is 0 Å². The first-order chi connectivity index (χ1) is 10.6. The summed E-state index contributed by atoms with van der Waals surface area (Å²) in [5, 5.41) is 13.7. The van der Waals surface area contributed by atoms with Gasteiger partial charge in [-0.05, 0) is 37.5 Å². The Morgan fingerprint density at radius 3 is 2.82 bits per heavy atom. The van der Waals surface area contributed by atoms with Crippen LogP contribution >= 0.6 is 0 Å². The van der Waals surface area contributed by atoms with E-state index in [1.807, 2.05) is 25.1 Å². The predicted octanol–water partition coefficient (Wildman–Crippen LogP) is 3.12. The average Bonchev–Trinajstić information content (AvgIpc) is 2.51. The van der Waals surface area contributed by atoms with Crippen LogP contribution in [-0.4, -0.2) is 31.5 Å². The minimum atomic E-state index is -0.191. The molecule has 2 unspecified atom stereocenters. The summed E-state index contributed by atoms with van der Waals surface area (Å²) >= 11 is 0. The van der Waals surface area contributed by atoms with Gasteiger partial charge in [-0.25, -0.2) is 0 Å². The Bertz CT molecular complexity index is 477. The number of rotatable bonds is 7. The zero-order chi connectivity index (χ0) is 16.0. The van der Waals surface area contributed by atoms with E-state index in [1.54, 1.807) is 7.11 Å². The van der Waals surface area contributed by atoms with E-state index in [0.717, 1.165) is 49.4 Å². The molecule has 4 nitrogen and oxygen atoms in total. The second-order valence-electron chi connectivity index (χ2n) is 6.44. The van der Waals surface area contributed by atoms with Crippen molar-refractivity contribution >= 4 is 0 Å². The van der Waals surface area contributed by atoms with Crippen LogP contribution in [0.15, 0.2) is 18.2 Å². The van der Waals surface area contributed by atoms with Crippen LogP contribution in [0, 0.1) is 5.41 Å². The fourth-order valence-electron chi connectivity index (χ4n) is 3.18. The lowest BCUT2D eigenvalue weighted by molar-refractivity contribution is 0.00115. The van der Waals surface area contributed by atoms with Gasteiger partial charge < -0.3 is 19.9 Å². The second-order valence-corrected chi connectivity index (χ2v) is 6.44. The van der Waals surface area contributed by atoms with Crippen molar-refractivity contribution in [1.29, 1.82) is 0 Å². The first kappa shape index (κ1) is 17.1. The van der Waals surface area contributed by atoms with E-state index in [4.69, 9.17) is 9.47 Å². The number of benzene rings is 1. The molecule has 0 spiro atoms. The van der Waals surface area contributed by atoms with Crippen LogP contribution in [0.5, 0.6) is 11.5 Å². The summed E-state index contributed by atoms with van der Waals surface area (Å²) in [6.07, 6.45) is 4.19. The molecule has 0 aliphatic heterocycles. The number of ether oxygens (including phenoxy) is 2. The summed E-state index contributed by atoms with van der Waals surface area (Å²) in [4.78, 5) is 0. The lowest BCUT2D eigenvalue weighted by Gasteiger charge is -2.38. The van der Waals surface area contributed by atoms with Gasteiger partial charge in [0.15, 0.2) is 11.5 Å². The lowest BCUT2D eigenvalue weighted by Crippen LogP contribution is -2.43. The molecule has 2 N–H and O–H groups in total. The van der Waals surface area contributed by atoms with Gasteiger partial charge >= 0.3 is 0 Å². The van der Waals surface area contributed by atoms with Crippen molar-refractivity contribution in [3.05, 3.63) is 23.8 Å². The first-order valence-corrected chi connectivity index (χ1v) is 8.27. The van der Waals surface area contributed by atoms with E-state index < -0.39 is 0 Å². The van der Waals surface area contributed by atoms with Crippen LogP contribution in [0.2, 0.25) is 0 Å². The first-order valence-electron chi connectivity index (χ1n) is 8.27. The number of hydrogen-bond acceptors (Lipinski definition) is 4. The second kappa shape index (κ2) is 7.84. The highest BCUT2D eigenvalue weighted by molar-refractivity contribution is 5.42. The number of hydrogen-bond donors (Lipinski definition) is 2. The Morgan fingerprint density at radius 1 is 1.32 bits per heavy atom. The molecule has 22 heavy (non-hydrogen) atoms. The van der Waals surface area contributed by atoms with Crippen molar-refractivity contribution in [3.8, 4) is 11.5 Å². The quantitative estimate of drug-likeness (QED) is 0.812. The van der Waals surface area contributed by atoms with E-state index in [2.05, 4.69) is 12.2 Å². The molecule has 4 heteroatoms. The number of nitrogens with one attached hydrogen (secondary N) is 1. The maximum Gasteiger partial charge on any atom is 0.161 e. The number of methoxy groups -OCH3 is 1. The van der Waals surface area contributed by atoms with Crippen molar-refractivity contribution in [2.45, 2.75) is 52.2 Å². The maximum atomic E-state index is 10.2. The zero-order valence-corrected chi connectivity index (χ0v) is 14.0. The molecule has 0 radical (unpaired) electrons. The van der Waals surface area contributed by atoms with Crippen LogP contribution < -0.4 is 14.8 Å². The third-order valence-corrected chi connectivity index (χ3v) is 4.67. The van der Waals surface area contributed by atoms with E-state index in [0.29, 0.717) is 6.61 Å².